The first-order valence-electron chi connectivity index (χ1n) is 9.93. The van der Waals surface area contributed by atoms with E-state index in [0.29, 0.717) is 17.9 Å². The van der Waals surface area contributed by atoms with Crippen molar-refractivity contribution in [3.8, 4) is 27.8 Å². The van der Waals surface area contributed by atoms with Gasteiger partial charge in [-0.3, -0.25) is 14.9 Å². The Bertz CT molecular complexity index is 1270. The molecule has 2 aromatic carbocycles. The Morgan fingerprint density at radius 1 is 1.15 bits per heavy atom. The Balaban J connectivity index is 1.34. The summed E-state index contributed by atoms with van der Waals surface area (Å²) in [5, 5.41) is 21.0. The van der Waals surface area contributed by atoms with Gasteiger partial charge in [-0.1, -0.05) is 12.1 Å². The summed E-state index contributed by atoms with van der Waals surface area (Å²) in [6.07, 6.45) is -0.00332. The van der Waals surface area contributed by atoms with Crippen LogP contribution in [-0.2, 0) is 22.6 Å². The summed E-state index contributed by atoms with van der Waals surface area (Å²) in [6.45, 7) is 2.27. The summed E-state index contributed by atoms with van der Waals surface area (Å²) in [6, 6.07) is 13.3. The fourth-order valence-corrected chi connectivity index (χ4v) is 3.78. The first-order chi connectivity index (χ1) is 16.0. The topological polar surface area (TPSA) is 130 Å². The van der Waals surface area contributed by atoms with Gasteiger partial charge in [0.15, 0.2) is 6.61 Å². The Hall–Kier alpha value is -4.12. The van der Waals surface area contributed by atoms with Crippen molar-refractivity contribution in [2.24, 2.45) is 0 Å². The molecule has 0 spiro atoms. The Morgan fingerprint density at radius 2 is 1.94 bits per heavy atom. The van der Waals surface area contributed by atoms with E-state index in [1.807, 2.05) is 31.2 Å². The van der Waals surface area contributed by atoms with E-state index in [2.05, 4.69) is 15.2 Å². The molecule has 0 unspecified atom stereocenters. The number of para-hydroxylation sites is 1. The predicted molar refractivity (Wildman–Crippen MR) is 119 cm³/mol. The molecule has 0 aliphatic rings. The average Bonchev–Trinajstić information content (AvgIpc) is 3.48. The number of hydrogen-bond donors (Lipinski definition) is 0. The number of ether oxygens (including phenoxy) is 2. The van der Waals surface area contributed by atoms with Crippen LogP contribution in [0, 0.1) is 10.1 Å². The van der Waals surface area contributed by atoms with Gasteiger partial charge in [-0.2, -0.15) is 0 Å². The van der Waals surface area contributed by atoms with E-state index in [0.717, 1.165) is 16.3 Å². The van der Waals surface area contributed by atoms with Crippen LogP contribution in [0.3, 0.4) is 0 Å². The predicted octanol–water partition coefficient (Wildman–Crippen LogP) is 4.45. The number of carbonyl (C=O) groups is 1. The highest BCUT2D eigenvalue weighted by Crippen LogP contribution is 2.32. The van der Waals surface area contributed by atoms with Gasteiger partial charge in [0.05, 0.1) is 29.2 Å². The Kier molecular flexibility index (Phi) is 6.69. The molecule has 0 fully saturated rings. The van der Waals surface area contributed by atoms with Crippen molar-refractivity contribution in [2.45, 2.75) is 20.0 Å². The maximum atomic E-state index is 12.2. The molecule has 10 nitrogen and oxygen atoms in total. The van der Waals surface area contributed by atoms with Gasteiger partial charge >= 0.3 is 5.97 Å². The Labute approximate surface area is 192 Å². The van der Waals surface area contributed by atoms with Gasteiger partial charge in [-0.25, -0.2) is 4.98 Å². The SMILES string of the molecule is CCOc1ccccc1-c1nc(CC(=O)OCc2nnc(-c3ccc([N+](=O)[O-])cc3)o2)cs1. The smallest absolute Gasteiger partial charge is 0.312 e. The number of benzene rings is 2. The molecule has 4 aromatic rings. The third-order valence-corrected chi connectivity index (χ3v) is 5.37. The number of nitrogens with zero attached hydrogens (tertiary/aromatic N) is 4. The van der Waals surface area contributed by atoms with Gasteiger partial charge in [-0.15, -0.1) is 21.5 Å². The summed E-state index contributed by atoms with van der Waals surface area (Å²) in [4.78, 5) is 27.0. The minimum absolute atomic E-state index is 0.00332. The lowest BCUT2D eigenvalue weighted by Crippen LogP contribution is -2.08. The Morgan fingerprint density at radius 3 is 2.70 bits per heavy atom. The van der Waals surface area contributed by atoms with Crippen molar-refractivity contribution in [3.63, 3.8) is 0 Å². The third kappa shape index (κ3) is 5.39. The number of rotatable bonds is 9. The van der Waals surface area contributed by atoms with Gasteiger partial charge in [-0.05, 0) is 31.2 Å². The van der Waals surface area contributed by atoms with E-state index >= 15 is 0 Å². The number of esters is 1. The molecular formula is C22H18N4O6S. The second-order valence-electron chi connectivity index (χ2n) is 6.72. The van der Waals surface area contributed by atoms with Gasteiger partial charge in [0.25, 0.3) is 11.6 Å². The van der Waals surface area contributed by atoms with Gasteiger partial charge < -0.3 is 13.9 Å². The zero-order valence-corrected chi connectivity index (χ0v) is 18.3. The summed E-state index contributed by atoms with van der Waals surface area (Å²) in [7, 11) is 0. The number of thiazole rings is 1. The lowest BCUT2D eigenvalue weighted by Gasteiger charge is -2.07. The highest BCUT2D eigenvalue weighted by Gasteiger charge is 2.15. The molecule has 0 amide bonds. The van der Waals surface area contributed by atoms with Crippen molar-refractivity contribution < 1.29 is 23.6 Å². The van der Waals surface area contributed by atoms with Crippen molar-refractivity contribution in [3.05, 3.63) is 75.6 Å². The summed E-state index contributed by atoms with van der Waals surface area (Å²) in [5.41, 5.74) is 1.93. The normalized spacial score (nSPS) is 10.7. The summed E-state index contributed by atoms with van der Waals surface area (Å²) >= 11 is 1.42. The molecule has 2 aromatic heterocycles. The van der Waals surface area contributed by atoms with Crippen LogP contribution in [0.15, 0.2) is 58.3 Å². The number of non-ortho nitro benzene ring substituents is 1. The lowest BCUT2D eigenvalue weighted by molar-refractivity contribution is -0.384. The fourth-order valence-electron chi connectivity index (χ4n) is 2.93. The summed E-state index contributed by atoms with van der Waals surface area (Å²) < 4.78 is 16.3. The van der Waals surface area contributed by atoms with Crippen LogP contribution >= 0.6 is 11.3 Å². The van der Waals surface area contributed by atoms with E-state index < -0.39 is 10.9 Å². The standard InChI is InChI=1S/C22H18N4O6S/c1-2-30-18-6-4-3-5-17(18)22-23-15(13-33-22)11-20(27)31-12-19-24-25-21(32-19)14-7-9-16(10-8-14)26(28)29/h3-10,13H,2,11-12H2,1H3. The van der Waals surface area contributed by atoms with E-state index in [4.69, 9.17) is 13.9 Å². The van der Waals surface area contributed by atoms with Gasteiger partial charge in [0.2, 0.25) is 5.89 Å². The average molecular weight is 466 g/mol. The molecule has 0 saturated carbocycles. The maximum Gasteiger partial charge on any atom is 0.312 e. The zero-order valence-electron chi connectivity index (χ0n) is 17.5. The van der Waals surface area contributed by atoms with Crippen LogP contribution in [0.4, 0.5) is 5.69 Å². The van der Waals surface area contributed by atoms with E-state index in [1.54, 1.807) is 5.38 Å². The maximum absolute atomic E-state index is 12.2. The van der Waals surface area contributed by atoms with Crippen LogP contribution in [0.1, 0.15) is 18.5 Å². The van der Waals surface area contributed by atoms with Gasteiger partial charge in [0.1, 0.15) is 10.8 Å². The van der Waals surface area contributed by atoms with Crippen LogP contribution in [0.2, 0.25) is 0 Å². The molecule has 0 aliphatic carbocycles. The number of carbonyl (C=O) groups excluding carboxylic acids is 1. The van der Waals surface area contributed by atoms with Gasteiger partial charge in [0, 0.05) is 23.1 Å². The van der Waals surface area contributed by atoms with E-state index in [9.17, 15) is 14.9 Å². The largest absolute Gasteiger partial charge is 0.493 e. The minimum atomic E-state index is -0.495. The molecule has 0 radical (unpaired) electrons. The van der Waals surface area contributed by atoms with Crippen LogP contribution in [-0.4, -0.2) is 32.7 Å². The van der Waals surface area contributed by atoms with Crippen molar-refractivity contribution in [1.29, 1.82) is 0 Å². The first-order valence-corrected chi connectivity index (χ1v) is 10.8. The second kappa shape index (κ2) is 10.0. The molecule has 0 N–H and O–H groups in total. The van der Waals surface area contributed by atoms with E-state index in [1.165, 1.54) is 35.6 Å². The molecule has 0 aliphatic heterocycles. The van der Waals surface area contributed by atoms with Crippen LogP contribution in [0.25, 0.3) is 22.0 Å². The molecule has 168 valence electrons. The third-order valence-electron chi connectivity index (χ3n) is 4.44. The number of nitro benzene ring substituents is 1. The van der Waals surface area contributed by atoms with Crippen molar-refractivity contribution in [2.75, 3.05) is 6.61 Å². The summed E-state index contributed by atoms with van der Waals surface area (Å²) in [5.74, 6) is 0.540. The number of nitro groups is 1. The molecule has 0 bridgehead atoms. The molecule has 4 rings (SSSR count). The van der Waals surface area contributed by atoms with Crippen molar-refractivity contribution in [1.82, 2.24) is 15.2 Å². The highest BCUT2D eigenvalue weighted by atomic mass is 32.1. The molecule has 33 heavy (non-hydrogen) atoms. The monoisotopic (exact) mass is 466 g/mol. The molecule has 2 heterocycles. The first kappa shape index (κ1) is 22.1. The highest BCUT2D eigenvalue weighted by molar-refractivity contribution is 7.13. The molecular weight excluding hydrogens is 448 g/mol. The second-order valence-corrected chi connectivity index (χ2v) is 7.57. The molecule has 11 heteroatoms. The van der Waals surface area contributed by atoms with Crippen LogP contribution in [0.5, 0.6) is 5.75 Å². The number of aromatic nitrogens is 3. The van der Waals surface area contributed by atoms with Crippen LogP contribution < -0.4 is 4.74 Å². The zero-order chi connectivity index (χ0) is 23.2. The van der Waals surface area contributed by atoms with Crippen molar-refractivity contribution >= 4 is 23.0 Å². The lowest BCUT2D eigenvalue weighted by atomic mass is 10.2. The van der Waals surface area contributed by atoms with E-state index in [-0.39, 0.29) is 30.5 Å². The quantitative estimate of drug-likeness (QED) is 0.199. The molecule has 0 atom stereocenters. The minimum Gasteiger partial charge on any atom is -0.493 e. The fraction of sp³-hybridized carbons (Fsp3) is 0.182. The number of hydrogen-bond acceptors (Lipinski definition) is 10. The molecule has 0 saturated heterocycles.